The van der Waals surface area contributed by atoms with Crippen LogP contribution in [0.15, 0.2) is 24.3 Å². The number of anilines is 1. The highest BCUT2D eigenvalue weighted by molar-refractivity contribution is 6.07. The van der Waals surface area contributed by atoms with Gasteiger partial charge in [-0.3, -0.25) is 19.4 Å². The van der Waals surface area contributed by atoms with E-state index in [0.29, 0.717) is 12.5 Å². The molecule has 4 rings (SSSR count). The number of imide groups is 1. The Morgan fingerprint density at radius 2 is 1.84 bits per heavy atom. The number of carbonyl (C=O) groups is 3. The van der Waals surface area contributed by atoms with Crippen LogP contribution in [-0.4, -0.2) is 52.8 Å². The van der Waals surface area contributed by atoms with Gasteiger partial charge in [0.05, 0.1) is 0 Å². The van der Waals surface area contributed by atoms with Crippen molar-refractivity contribution in [2.45, 2.75) is 88.8 Å². The van der Waals surface area contributed by atoms with Gasteiger partial charge in [0.25, 0.3) is 5.91 Å². The zero-order chi connectivity index (χ0) is 22.6. The van der Waals surface area contributed by atoms with Gasteiger partial charge in [-0.15, -0.1) is 0 Å². The Hall–Kier alpha value is -2.41. The maximum atomic E-state index is 12.7. The van der Waals surface area contributed by atoms with Crippen molar-refractivity contribution in [2.24, 2.45) is 0 Å². The van der Waals surface area contributed by atoms with Gasteiger partial charge in [-0.25, -0.2) is 4.79 Å². The molecule has 0 bridgehead atoms. The first-order valence-corrected chi connectivity index (χ1v) is 12.2. The maximum Gasteiger partial charge on any atom is 0.325 e. The summed E-state index contributed by atoms with van der Waals surface area (Å²) in [6, 6.07) is 8.27. The molecule has 1 heterocycles. The molecule has 2 aliphatic carbocycles. The molecule has 3 fully saturated rings. The number of para-hydroxylation sites is 1. The van der Waals surface area contributed by atoms with E-state index in [4.69, 9.17) is 0 Å². The van der Waals surface area contributed by atoms with Crippen LogP contribution < -0.4 is 10.6 Å². The molecular weight excluding hydrogens is 404 g/mol. The van der Waals surface area contributed by atoms with Crippen molar-refractivity contribution in [1.29, 1.82) is 0 Å². The molecule has 174 valence electrons. The van der Waals surface area contributed by atoms with Crippen LogP contribution >= 0.6 is 0 Å². The number of amides is 4. The predicted molar refractivity (Wildman–Crippen MR) is 124 cm³/mol. The van der Waals surface area contributed by atoms with Crippen molar-refractivity contribution < 1.29 is 14.4 Å². The molecule has 1 aromatic carbocycles. The normalized spacial score (nSPS) is 20.9. The smallest absolute Gasteiger partial charge is 0.325 e. The highest BCUT2D eigenvalue weighted by atomic mass is 16.2. The van der Waals surface area contributed by atoms with Crippen molar-refractivity contribution in [2.75, 3.05) is 18.9 Å². The SMILES string of the molecule is CN(Cc1ccccc1NC(=O)CCCN1C(=O)NC2(CCCC2)C1=O)C1CCCCC1. The van der Waals surface area contributed by atoms with Gasteiger partial charge < -0.3 is 10.6 Å². The first kappa shape index (κ1) is 22.8. The number of urea groups is 1. The summed E-state index contributed by atoms with van der Waals surface area (Å²) in [5, 5.41) is 5.94. The summed E-state index contributed by atoms with van der Waals surface area (Å²) in [6.45, 7) is 1.09. The summed E-state index contributed by atoms with van der Waals surface area (Å²) in [5.74, 6) is -0.197. The van der Waals surface area contributed by atoms with Crippen molar-refractivity contribution in [1.82, 2.24) is 15.1 Å². The van der Waals surface area contributed by atoms with E-state index in [-0.39, 0.29) is 30.8 Å². The van der Waals surface area contributed by atoms with E-state index in [0.717, 1.165) is 43.5 Å². The van der Waals surface area contributed by atoms with Gasteiger partial charge in [-0.05, 0) is 50.8 Å². The van der Waals surface area contributed by atoms with E-state index in [1.165, 1.54) is 37.0 Å². The molecule has 0 radical (unpaired) electrons. The number of hydrogen-bond acceptors (Lipinski definition) is 4. The molecule has 0 aromatic heterocycles. The number of rotatable bonds is 8. The minimum atomic E-state index is -0.678. The highest BCUT2D eigenvalue weighted by Crippen LogP contribution is 2.35. The number of nitrogens with zero attached hydrogens (tertiary/aromatic N) is 2. The summed E-state index contributed by atoms with van der Waals surface area (Å²) < 4.78 is 0. The molecule has 3 aliphatic rings. The van der Waals surface area contributed by atoms with Gasteiger partial charge in [-0.1, -0.05) is 50.3 Å². The van der Waals surface area contributed by atoms with Gasteiger partial charge >= 0.3 is 6.03 Å². The molecule has 7 heteroatoms. The van der Waals surface area contributed by atoms with Gasteiger partial charge in [0, 0.05) is 31.2 Å². The van der Waals surface area contributed by atoms with Crippen molar-refractivity contribution in [3.8, 4) is 0 Å². The molecule has 32 heavy (non-hydrogen) atoms. The van der Waals surface area contributed by atoms with E-state index < -0.39 is 5.54 Å². The molecule has 4 amide bonds. The minimum absolute atomic E-state index is 0.0830. The quantitative estimate of drug-likeness (QED) is 0.598. The van der Waals surface area contributed by atoms with Crippen molar-refractivity contribution in [3.63, 3.8) is 0 Å². The van der Waals surface area contributed by atoms with Crippen LogP contribution in [0.1, 0.15) is 76.2 Å². The van der Waals surface area contributed by atoms with Crippen molar-refractivity contribution >= 4 is 23.5 Å². The van der Waals surface area contributed by atoms with Crippen LogP contribution in [0.5, 0.6) is 0 Å². The number of carbonyl (C=O) groups excluding carboxylic acids is 3. The van der Waals surface area contributed by atoms with Gasteiger partial charge in [0.15, 0.2) is 0 Å². The lowest BCUT2D eigenvalue weighted by Crippen LogP contribution is -2.44. The molecule has 0 unspecified atom stereocenters. The van der Waals surface area contributed by atoms with E-state index in [9.17, 15) is 14.4 Å². The molecular formula is C25H36N4O3. The molecule has 0 atom stereocenters. The summed E-state index contributed by atoms with van der Waals surface area (Å²) in [6.07, 6.45) is 10.5. The third kappa shape index (κ3) is 4.98. The second kappa shape index (κ2) is 10.0. The average Bonchev–Trinajstić information content (AvgIpc) is 3.36. The molecule has 1 aliphatic heterocycles. The molecule has 1 spiro atoms. The lowest BCUT2D eigenvalue weighted by Gasteiger charge is -2.31. The Kier molecular flexibility index (Phi) is 7.13. The zero-order valence-electron chi connectivity index (χ0n) is 19.2. The standard InChI is InChI=1S/C25H36N4O3/c1-28(20-11-3-2-4-12-20)18-19-10-5-6-13-21(19)26-22(30)14-9-17-29-23(31)25(27-24(29)32)15-7-8-16-25/h5-6,10,13,20H,2-4,7-9,11-12,14-18H2,1H3,(H,26,30)(H,27,32). The van der Waals surface area contributed by atoms with Crippen LogP contribution in [0, 0.1) is 0 Å². The second-order valence-corrected chi connectivity index (χ2v) is 9.69. The lowest BCUT2D eigenvalue weighted by atomic mass is 9.94. The third-order valence-corrected chi connectivity index (χ3v) is 7.40. The highest BCUT2D eigenvalue weighted by Gasteiger charge is 2.52. The Labute approximate surface area is 190 Å². The lowest BCUT2D eigenvalue weighted by molar-refractivity contribution is -0.131. The van der Waals surface area contributed by atoms with E-state index in [2.05, 4.69) is 28.6 Å². The minimum Gasteiger partial charge on any atom is -0.326 e. The summed E-state index contributed by atoms with van der Waals surface area (Å²) >= 11 is 0. The summed E-state index contributed by atoms with van der Waals surface area (Å²) in [7, 11) is 2.17. The maximum absolute atomic E-state index is 12.7. The summed E-state index contributed by atoms with van der Waals surface area (Å²) in [4.78, 5) is 41.3. The van der Waals surface area contributed by atoms with E-state index >= 15 is 0 Å². The fourth-order valence-corrected chi connectivity index (χ4v) is 5.51. The Morgan fingerprint density at radius 3 is 2.59 bits per heavy atom. The molecule has 2 N–H and O–H groups in total. The van der Waals surface area contributed by atoms with Crippen LogP contribution in [0.3, 0.4) is 0 Å². The topological polar surface area (TPSA) is 81.8 Å². The zero-order valence-corrected chi connectivity index (χ0v) is 19.2. The first-order chi connectivity index (χ1) is 15.5. The van der Waals surface area contributed by atoms with Crippen LogP contribution in [0.4, 0.5) is 10.5 Å². The average molecular weight is 441 g/mol. The molecule has 1 saturated heterocycles. The summed E-state index contributed by atoms with van der Waals surface area (Å²) in [5.41, 5.74) is 1.29. The molecule has 1 aromatic rings. The van der Waals surface area contributed by atoms with Crippen molar-refractivity contribution in [3.05, 3.63) is 29.8 Å². The second-order valence-electron chi connectivity index (χ2n) is 9.69. The third-order valence-electron chi connectivity index (χ3n) is 7.40. The van der Waals surface area contributed by atoms with Gasteiger partial charge in [0.2, 0.25) is 5.91 Å². The predicted octanol–water partition coefficient (Wildman–Crippen LogP) is 4.03. The van der Waals surface area contributed by atoms with Crippen LogP contribution in [-0.2, 0) is 16.1 Å². The molecule has 7 nitrogen and oxygen atoms in total. The van der Waals surface area contributed by atoms with E-state index in [1.807, 2.05) is 18.2 Å². The van der Waals surface area contributed by atoms with E-state index in [1.54, 1.807) is 0 Å². The Bertz CT molecular complexity index is 843. The van der Waals surface area contributed by atoms with Gasteiger partial charge in [-0.2, -0.15) is 0 Å². The van der Waals surface area contributed by atoms with Gasteiger partial charge in [0.1, 0.15) is 5.54 Å². The monoisotopic (exact) mass is 440 g/mol. The fraction of sp³-hybridized carbons (Fsp3) is 0.640. The number of benzene rings is 1. The van der Waals surface area contributed by atoms with Crippen LogP contribution in [0.2, 0.25) is 0 Å². The Morgan fingerprint density at radius 1 is 1.12 bits per heavy atom. The largest absolute Gasteiger partial charge is 0.326 e. The first-order valence-electron chi connectivity index (χ1n) is 12.2. The fourth-order valence-electron chi connectivity index (χ4n) is 5.51. The number of nitrogens with one attached hydrogen (secondary N) is 2. The van der Waals surface area contributed by atoms with Crippen LogP contribution in [0.25, 0.3) is 0 Å². The Balaban J connectivity index is 1.27. The number of hydrogen-bond donors (Lipinski definition) is 2. The molecule has 2 saturated carbocycles.